The maximum Gasteiger partial charge on any atom is 0.173 e. The number of likely N-dealkylation sites (tertiary alicyclic amines) is 1. The van der Waals surface area contributed by atoms with Crippen LogP contribution < -0.4 is 10.2 Å². The summed E-state index contributed by atoms with van der Waals surface area (Å²) in [6.45, 7) is 12.1. The molecule has 0 spiro atoms. The van der Waals surface area contributed by atoms with Crippen molar-refractivity contribution >= 4 is 28.7 Å². The molecule has 2 aliphatic rings. The van der Waals surface area contributed by atoms with Gasteiger partial charge in [0.05, 0.1) is 5.69 Å². The number of hydrogen-bond donors (Lipinski definition) is 1. The molecule has 0 amide bonds. The van der Waals surface area contributed by atoms with Gasteiger partial charge in [-0.05, 0) is 69.4 Å². The lowest BCUT2D eigenvalue weighted by atomic mass is 9.89. The third-order valence-electron chi connectivity index (χ3n) is 6.94. The van der Waals surface area contributed by atoms with Crippen molar-refractivity contribution in [2.45, 2.75) is 45.6 Å². The predicted octanol–water partition coefficient (Wildman–Crippen LogP) is 5.24. The number of thiocarbonyl (C=S) groups is 1. The Bertz CT molecular complexity index is 914. The van der Waals surface area contributed by atoms with Gasteiger partial charge in [-0.3, -0.25) is 4.90 Å². The Morgan fingerprint density at radius 2 is 1.62 bits per heavy atom. The number of piperazine rings is 1. The lowest BCUT2D eigenvalue weighted by Gasteiger charge is -2.39. The fourth-order valence-electron chi connectivity index (χ4n) is 4.82. The van der Waals surface area contributed by atoms with Crippen molar-refractivity contribution in [1.29, 1.82) is 0 Å². The van der Waals surface area contributed by atoms with E-state index >= 15 is 0 Å². The van der Waals surface area contributed by atoms with Gasteiger partial charge in [-0.25, -0.2) is 4.39 Å². The minimum Gasteiger partial charge on any atom is -0.367 e. The molecule has 6 heteroatoms. The molecule has 172 valence electrons. The molecule has 4 nitrogen and oxygen atoms in total. The zero-order valence-corrected chi connectivity index (χ0v) is 20.3. The van der Waals surface area contributed by atoms with Crippen LogP contribution in [0.25, 0.3) is 0 Å². The van der Waals surface area contributed by atoms with E-state index in [9.17, 15) is 4.39 Å². The second-order valence-corrected chi connectivity index (χ2v) is 9.74. The molecule has 0 unspecified atom stereocenters. The maximum absolute atomic E-state index is 14.9. The van der Waals surface area contributed by atoms with Gasteiger partial charge in [-0.1, -0.05) is 35.9 Å². The zero-order chi connectivity index (χ0) is 22.7. The molecule has 0 aromatic heterocycles. The Kier molecular flexibility index (Phi) is 7.31. The number of benzene rings is 2. The summed E-state index contributed by atoms with van der Waals surface area (Å²) in [6.07, 6.45) is 2.12. The first kappa shape index (κ1) is 23.0. The molecular weight excluding hydrogens is 419 g/mol. The zero-order valence-electron chi connectivity index (χ0n) is 19.5. The minimum atomic E-state index is -0.245. The van der Waals surface area contributed by atoms with E-state index in [2.05, 4.69) is 65.1 Å². The largest absolute Gasteiger partial charge is 0.367 e. The number of para-hydroxylation sites is 1. The summed E-state index contributed by atoms with van der Waals surface area (Å²) >= 11 is 5.72. The van der Waals surface area contributed by atoms with Gasteiger partial charge in [0.1, 0.15) is 11.5 Å². The van der Waals surface area contributed by atoms with Crippen LogP contribution in [-0.2, 0) is 0 Å². The van der Waals surface area contributed by atoms with Crippen LogP contribution in [0.1, 0.15) is 43.7 Å². The Morgan fingerprint density at radius 3 is 2.25 bits per heavy atom. The van der Waals surface area contributed by atoms with E-state index in [1.165, 1.54) is 17.2 Å². The number of hydrogen-bond acceptors (Lipinski definition) is 3. The Morgan fingerprint density at radius 1 is 0.969 bits per heavy atom. The van der Waals surface area contributed by atoms with E-state index < -0.39 is 0 Å². The van der Waals surface area contributed by atoms with Crippen LogP contribution in [0.3, 0.4) is 0 Å². The van der Waals surface area contributed by atoms with E-state index in [4.69, 9.17) is 12.2 Å². The minimum absolute atomic E-state index is 0.245. The molecule has 2 aromatic carbocycles. The molecule has 2 heterocycles. The van der Waals surface area contributed by atoms with E-state index in [1.54, 1.807) is 6.07 Å². The van der Waals surface area contributed by atoms with Crippen molar-refractivity contribution in [2.24, 2.45) is 0 Å². The SMILES string of the molecule is Cc1ccc(C2CCN(C(=S)Nc3c(F)cccc3N3CCN(C(C)C)CC3)CC2)cc1. The molecule has 2 aromatic rings. The second-order valence-electron chi connectivity index (χ2n) is 9.35. The maximum atomic E-state index is 14.9. The molecule has 2 fully saturated rings. The molecule has 4 rings (SSSR count). The molecule has 0 saturated carbocycles. The van der Waals surface area contributed by atoms with Crippen molar-refractivity contribution in [3.05, 3.63) is 59.4 Å². The monoisotopic (exact) mass is 454 g/mol. The number of nitrogens with zero attached hydrogens (tertiary/aromatic N) is 3. The Hall–Kier alpha value is -2.18. The molecule has 2 aliphatic heterocycles. The summed E-state index contributed by atoms with van der Waals surface area (Å²) in [4.78, 5) is 6.93. The smallest absolute Gasteiger partial charge is 0.173 e. The van der Waals surface area contributed by atoms with Crippen LogP contribution in [0.15, 0.2) is 42.5 Å². The second kappa shape index (κ2) is 10.2. The average Bonchev–Trinajstić information content (AvgIpc) is 2.81. The first-order valence-electron chi connectivity index (χ1n) is 11.8. The Balaban J connectivity index is 1.39. The lowest BCUT2D eigenvalue weighted by molar-refractivity contribution is 0.209. The molecule has 0 atom stereocenters. The third-order valence-corrected chi connectivity index (χ3v) is 7.30. The van der Waals surface area contributed by atoms with Crippen LogP contribution in [0.4, 0.5) is 15.8 Å². The van der Waals surface area contributed by atoms with E-state index in [0.717, 1.165) is 57.8 Å². The van der Waals surface area contributed by atoms with Crippen molar-refractivity contribution in [1.82, 2.24) is 9.80 Å². The number of aryl methyl sites for hydroxylation is 1. The van der Waals surface area contributed by atoms with Crippen molar-refractivity contribution < 1.29 is 4.39 Å². The van der Waals surface area contributed by atoms with Crippen LogP contribution in [0.2, 0.25) is 0 Å². The topological polar surface area (TPSA) is 21.8 Å². The van der Waals surface area contributed by atoms with Crippen molar-refractivity contribution in [3.63, 3.8) is 0 Å². The van der Waals surface area contributed by atoms with Gasteiger partial charge in [0.2, 0.25) is 0 Å². The van der Waals surface area contributed by atoms with Gasteiger partial charge in [0.15, 0.2) is 5.11 Å². The number of anilines is 2. The van der Waals surface area contributed by atoms with Crippen LogP contribution in [0.5, 0.6) is 0 Å². The van der Waals surface area contributed by atoms with Crippen LogP contribution >= 0.6 is 12.2 Å². The fraction of sp³-hybridized carbons (Fsp3) is 0.500. The molecule has 1 N–H and O–H groups in total. The first-order valence-corrected chi connectivity index (χ1v) is 12.2. The summed E-state index contributed by atoms with van der Waals surface area (Å²) in [5.41, 5.74) is 4.12. The van der Waals surface area contributed by atoms with Gasteiger partial charge in [0, 0.05) is 45.3 Å². The van der Waals surface area contributed by atoms with Gasteiger partial charge in [-0.15, -0.1) is 0 Å². The van der Waals surface area contributed by atoms with Gasteiger partial charge < -0.3 is 15.1 Å². The quantitative estimate of drug-likeness (QED) is 0.636. The standard InChI is InChI=1S/C26H35FN4S/c1-19(2)29-15-17-30(18-16-29)24-6-4-5-23(27)25(24)28-26(32)31-13-11-22(12-14-31)21-9-7-20(3)8-10-21/h4-10,19,22H,11-18H2,1-3H3,(H,28,32). The van der Waals surface area contributed by atoms with Gasteiger partial charge in [0.25, 0.3) is 0 Å². The summed E-state index contributed by atoms with van der Waals surface area (Å²) in [6, 6.07) is 14.7. The van der Waals surface area contributed by atoms with Crippen LogP contribution in [-0.4, -0.2) is 60.2 Å². The Labute approximate surface area is 197 Å². The van der Waals surface area contributed by atoms with Gasteiger partial charge >= 0.3 is 0 Å². The lowest BCUT2D eigenvalue weighted by Crippen LogP contribution is -2.49. The molecule has 2 saturated heterocycles. The van der Waals surface area contributed by atoms with E-state index in [1.807, 2.05) is 6.07 Å². The highest BCUT2D eigenvalue weighted by Gasteiger charge is 2.25. The first-order chi connectivity index (χ1) is 15.4. The number of piperidine rings is 1. The van der Waals surface area contributed by atoms with E-state index in [-0.39, 0.29) is 5.82 Å². The summed E-state index contributed by atoms with van der Waals surface area (Å²) in [5.74, 6) is 0.321. The van der Waals surface area contributed by atoms with Crippen molar-refractivity contribution in [3.8, 4) is 0 Å². The van der Waals surface area contributed by atoms with Gasteiger partial charge in [-0.2, -0.15) is 0 Å². The molecule has 0 bridgehead atoms. The summed E-state index contributed by atoms with van der Waals surface area (Å²) in [5, 5.41) is 3.89. The van der Waals surface area contributed by atoms with E-state index in [0.29, 0.717) is 22.8 Å². The third kappa shape index (κ3) is 5.24. The number of rotatable bonds is 4. The molecular formula is C26H35FN4S. The van der Waals surface area contributed by atoms with Crippen LogP contribution in [0, 0.1) is 12.7 Å². The summed E-state index contributed by atoms with van der Waals surface area (Å²) in [7, 11) is 0. The summed E-state index contributed by atoms with van der Waals surface area (Å²) < 4.78 is 14.9. The number of halogens is 1. The molecule has 0 radical (unpaired) electrons. The average molecular weight is 455 g/mol. The predicted molar refractivity (Wildman–Crippen MR) is 136 cm³/mol. The normalized spacial score (nSPS) is 18.3. The highest BCUT2D eigenvalue weighted by atomic mass is 32.1. The highest BCUT2D eigenvalue weighted by molar-refractivity contribution is 7.80. The molecule has 32 heavy (non-hydrogen) atoms. The fourth-order valence-corrected chi connectivity index (χ4v) is 5.10. The number of nitrogens with one attached hydrogen (secondary N) is 1. The van der Waals surface area contributed by atoms with Crippen molar-refractivity contribution in [2.75, 3.05) is 49.5 Å². The molecule has 0 aliphatic carbocycles. The highest BCUT2D eigenvalue weighted by Crippen LogP contribution is 2.32.